The SMILES string of the molecule is COc1ccc2ccccc2c1C=NN1C(=O)[C@@H]2[C@H](C1=O)[C@H]1C=C[C@H]2C1. The van der Waals surface area contributed by atoms with Gasteiger partial charge in [0.15, 0.2) is 0 Å². The van der Waals surface area contributed by atoms with E-state index in [2.05, 4.69) is 17.3 Å². The molecule has 2 aliphatic carbocycles. The zero-order chi connectivity index (χ0) is 17.8. The van der Waals surface area contributed by atoms with Crippen LogP contribution in [-0.2, 0) is 9.59 Å². The fraction of sp³-hybridized carbons (Fsp3) is 0.286. The molecule has 0 radical (unpaired) electrons. The van der Waals surface area contributed by atoms with Crippen molar-refractivity contribution in [3.8, 4) is 5.75 Å². The monoisotopic (exact) mass is 346 g/mol. The Morgan fingerprint density at radius 2 is 1.73 bits per heavy atom. The Hall–Kier alpha value is -2.95. The van der Waals surface area contributed by atoms with Crippen LogP contribution in [-0.4, -0.2) is 30.1 Å². The summed E-state index contributed by atoms with van der Waals surface area (Å²) in [6, 6.07) is 11.7. The normalized spacial score (nSPS) is 29.3. The van der Waals surface area contributed by atoms with E-state index in [-0.39, 0.29) is 35.5 Å². The van der Waals surface area contributed by atoms with Gasteiger partial charge < -0.3 is 4.74 Å². The number of imide groups is 1. The van der Waals surface area contributed by atoms with Crippen LogP contribution in [0.2, 0.25) is 0 Å². The molecule has 5 heteroatoms. The Morgan fingerprint density at radius 1 is 1.04 bits per heavy atom. The van der Waals surface area contributed by atoms with Gasteiger partial charge in [-0.05, 0) is 35.1 Å². The lowest BCUT2D eigenvalue weighted by atomic mass is 9.85. The Kier molecular flexibility index (Phi) is 3.26. The van der Waals surface area contributed by atoms with Crippen LogP contribution in [0, 0.1) is 23.7 Å². The Labute approximate surface area is 150 Å². The molecule has 1 saturated carbocycles. The summed E-state index contributed by atoms with van der Waals surface area (Å²) in [7, 11) is 1.60. The smallest absolute Gasteiger partial charge is 0.254 e. The van der Waals surface area contributed by atoms with Gasteiger partial charge in [0.25, 0.3) is 11.8 Å². The van der Waals surface area contributed by atoms with Crippen molar-refractivity contribution in [2.75, 3.05) is 7.11 Å². The van der Waals surface area contributed by atoms with Crippen molar-refractivity contribution in [3.05, 3.63) is 54.1 Å². The number of carbonyl (C=O) groups excluding carboxylic acids is 2. The largest absolute Gasteiger partial charge is 0.496 e. The average molecular weight is 346 g/mol. The number of fused-ring (bicyclic) bond motifs is 6. The van der Waals surface area contributed by atoms with Crippen LogP contribution >= 0.6 is 0 Å². The zero-order valence-electron chi connectivity index (χ0n) is 14.3. The standard InChI is InChI=1S/C21H18N2O3/c1-26-17-9-8-12-4-2-3-5-15(12)16(17)11-22-23-20(24)18-13-6-7-14(10-13)19(18)21(23)25/h2-9,11,13-14,18-19H,10H2,1H3/t13-,14-,18-,19+/m0/s1. The Morgan fingerprint density at radius 3 is 2.42 bits per heavy atom. The number of methoxy groups -OCH3 is 1. The van der Waals surface area contributed by atoms with E-state index in [1.54, 1.807) is 13.3 Å². The highest BCUT2D eigenvalue weighted by molar-refractivity contribution is 6.08. The van der Waals surface area contributed by atoms with Gasteiger partial charge in [0.2, 0.25) is 0 Å². The summed E-state index contributed by atoms with van der Waals surface area (Å²) in [4.78, 5) is 25.5. The molecule has 0 aromatic heterocycles. The van der Waals surface area contributed by atoms with Gasteiger partial charge in [0.1, 0.15) is 5.75 Å². The van der Waals surface area contributed by atoms with E-state index in [0.29, 0.717) is 5.75 Å². The molecule has 1 saturated heterocycles. The van der Waals surface area contributed by atoms with Crippen LogP contribution in [0.15, 0.2) is 53.7 Å². The summed E-state index contributed by atoms with van der Waals surface area (Å²) in [5.41, 5.74) is 0.768. The highest BCUT2D eigenvalue weighted by atomic mass is 16.5. The van der Waals surface area contributed by atoms with E-state index in [1.165, 1.54) is 0 Å². The maximum absolute atomic E-state index is 12.8. The van der Waals surface area contributed by atoms with E-state index < -0.39 is 0 Å². The zero-order valence-corrected chi connectivity index (χ0v) is 14.3. The molecule has 2 fully saturated rings. The van der Waals surface area contributed by atoms with Crippen molar-refractivity contribution in [1.82, 2.24) is 5.01 Å². The van der Waals surface area contributed by atoms with Gasteiger partial charge in [-0.2, -0.15) is 10.1 Å². The minimum atomic E-state index is -0.232. The summed E-state index contributed by atoms with van der Waals surface area (Å²) in [5, 5.41) is 7.39. The lowest BCUT2D eigenvalue weighted by Gasteiger charge is -2.13. The molecule has 2 aromatic rings. The second-order valence-corrected chi connectivity index (χ2v) is 7.14. The summed E-state index contributed by atoms with van der Waals surface area (Å²) in [6.45, 7) is 0. The van der Waals surface area contributed by atoms with Gasteiger partial charge in [-0.1, -0.05) is 42.5 Å². The maximum atomic E-state index is 12.8. The van der Waals surface area contributed by atoms with Crippen LogP contribution in [0.1, 0.15) is 12.0 Å². The first-order valence-electron chi connectivity index (χ1n) is 8.85. The molecule has 0 N–H and O–H groups in total. The lowest BCUT2D eigenvalue weighted by molar-refractivity contribution is -0.140. The summed E-state index contributed by atoms with van der Waals surface area (Å²) in [5.74, 6) is 0.226. The van der Waals surface area contributed by atoms with Crippen molar-refractivity contribution in [2.24, 2.45) is 28.8 Å². The van der Waals surface area contributed by atoms with E-state index >= 15 is 0 Å². The molecule has 0 unspecified atom stereocenters. The molecule has 0 spiro atoms. The van der Waals surface area contributed by atoms with Crippen LogP contribution in [0.25, 0.3) is 10.8 Å². The van der Waals surface area contributed by atoms with Gasteiger partial charge in [0, 0.05) is 5.56 Å². The second-order valence-electron chi connectivity index (χ2n) is 7.14. The van der Waals surface area contributed by atoms with Crippen LogP contribution < -0.4 is 4.74 Å². The van der Waals surface area contributed by atoms with Crippen LogP contribution in [0.3, 0.4) is 0 Å². The second kappa shape index (κ2) is 5.53. The number of ether oxygens (including phenoxy) is 1. The van der Waals surface area contributed by atoms with E-state index in [1.807, 2.05) is 36.4 Å². The third kappa shape index (κ3) is 2.00. The van der Waals surface area contributed by atoms with Crippen LogP contribution in [0.5, 0.6) is 5.75 Å². The van der Waals surface area contributed by atoms with E-state index in [4.69, 9.17) is 4.74 Å². The molecule has 1 heterocycles. The maximum Gasteiger partial charge on any atom is 0.254 e. The van der Waals surface area contributed by atoms with Crippen molar-refractivity contribution >= 4 is 28.8 Å². The molecular formula is C21H18N2O3. The Bertz CT molecular complexity index is 964. The van der Waals surface area contributed by atoms with Gasteiger partial charge in [-0.15, -0.1) is 0 Å². The van der Waals surface area contributed by atoms with E-state index in [0.717, 1.165) is 27.8 Å². The lowest BCUT2D eigenvalue weighted by Crippen LogP contribution is -2.28. The highest BCUT2D eigenvalue weighted by Gasteiger charge is 2.59. The number of hydrogen-bond donors (Lipinski definition) is 0. The molecule has 26 heavy (non-hydrogen) atoms. The molecule has 3 aliphatic rings. The molecule has 5 rings (SSSR count). The van der Waals surface area contributed by atoms with Crippen molar-refractivity contribution in [2.45, 2.75) is 6.42 Å². The van der Waals surface area contributed by atoms with Gasteiger partial charge in [-0.3, -0.25) is 9.59 Å². The number of carbonyl (C=O) groups is 2. The highest BCUT2D eigenvalue weighted by Crippen LogP contribution is 2.52. The van der Waals surface area contributed by atoms with Crippen LogP contribution in [0.4, 0.5) is 0 Å². The number of hydrogen-bond acceptors (Lipinski definition) is 4. The average Bonchev–Trinajstić information content (AvgIpc) is 3.34. The quantitative estimate of drug-likeness (QED) is 0.488. The fourth-order valence-corrected chi connectivity index (χ4v) is 4.70. The first-order valence-corrected chi connectivity index (χ1v) is 8.85. The van der Waals surface area contributed by atoms with Crippen molar-refractivity contribution in [1.29, 1.82) is 0 Å². The predicted molar refractivity (Wildman–Crippen MR) is 97.7 cm³/mol. The summed E-state index contributed by atoms with van der Waals surface area (Å²) < 4.78 is 5.45. The third-order valence-corrected chi connectivity index (χ3v) is 5.90. The number of nitrogens with zero attached hydrogens (tertiary/aromatic N) is 2. The molecule has 130 valence electrons. The first-order chi connectivity index (χ1) is 12.7. The van der Waals surface area contributed by atoms with Gasteiger partial charge >= 0.3 is 0 Å². The van der Waals surface area contributed by atoms with Gasteiger partial charge in [0.05, 0.1) is 25.2 Å². The van der Waals surface area contributed by atoms with Crippen molar-refractivity contribution in [3.63, 3.8) is 0 Å². The summed E-state index contributed by atoms with van der Waals surface area (Å²) >= 11 is 0. The van der Waals surface area contributed by atoms with E-state index in [9.17, 15) is 9.59 Å². The number of amides is 2. The minimum absolute atomic E-state index is 0.174. The molecule has 2 aromatic carbocycles. The first kappa shape index (κ1) is 15.3. The number of hydrazone groups is 1. The number of rotatable bonds is 3. The fourth-order valence-electron chi connectivity index (χ4n) is 4.70. The molecular weight excluding hydrogens is 328 g/mol. The Balaban J connectivity index is 1.53. The topological polar surface area (TPSA) is 59.0 Å². The number of benzene rings is 2. The molecule has 1 aliphatic heterocycles. The third-order valence-electron chi connectivity index (χ3n) is 5.90. The predicted octanol–water partition coefficient (Wildman–Crippen LogP) is 2.99. The minimum Gasteiger partial charge on any atom is -0.496 e. The van der Waals surface area contributed by atoms with Crippen molar-refractivity contribution < 1.29 is 14.3 Å². The number of allylic oxidation sites excluding steroid dienone is 2. The molecule has 5 nitrogen and oxygen atoms in total. The molecule has 2 bridgehead atoms. The summed E-state index contributed by atoms with van der Waals surface area (Å²) in [6.07, 6.45) is 6.66. The molecule has 2 amide bonds. The van der Waals surface area contributed by atoms with Gasteiger partial charge in [-0.25, -0.2) is 0 Å². The molecule has 4 atom stereocenters.